The summed E-state index contributed by atoms with van der Waals surface area (Å²) >= 11 is 8.06. The number of thioether (sulfide) groups is 1. The summed E-state index contributed by atoms with van der Waals surface area (Å²) in [6.45, 7) is 1.95. The van der Waals surface area contributed by atoms with Crippen LogP contribution in [0.4, 0.5) is 0 Å². The zero-order chi connectivity index (χ0) is 18.6. The van der Waals surface area contributed by atoms with Crippen molar-refractivity contribution in [3.63, 3.8) is 0 Å². The first-order chi connectivity index (χ1) is 11.7. The zero-order valence-corrected chi connectivity index (χ0v) is 17.8. The fourth-order valence-corrected chi connectivity index (χ4v) is 6.45. The normalized spacial score (nSPS) is 34.0. The molecule has 2 aliphatic carbocycles. The van der Waals surface area contributed by atoms with E-state index in [0.717, 1.165) is 32.1 Å². The van der Waals surface area contributed by atoms with E-state index in [1.807, 2.05) is 0 Å². The summed E-state index contributed by atoms with van der Waals surface area (Å²) < 4.78 is 26.0. The third kappa shape index (κ3) is 6.01. The van der Waals surface area contributed by atoms with Crippen LogP contribution in [0.15, 0.2) is 0 Å². The van der Waals surface area contributed by atoms with Gasteiger partial charge in [0.05, 0.1) is 12.8 Å². The summed E-state index contributed by atoms with van der Waals surface area (Å²) in [5.74, 6) is 0.0198. The quantitative estimate of drug-likeness (QED) is 0.683. The molecule has 2 saturated carbocycles. The molecule has 5 nitrogen and oxygen atoms in total. The lowest BCUT2D eigenvalue weighted by Gasteiger charge is -2.39. The molecule has 0 aromatic heterocycles. The van der Waals surface area contributed by atoms with Crippen LogP contribution in [0.25, 0.3) is 0 Å². The molecule has 0 aromatic carbocycles. The van der Waals surface area contributed by atoms with Gasteiger partial charge in [-0.15, -0.1) is 11.6 Å². The molecule has 2 fully saturated rings. The Hall–Kier alpha value is 0.0200. The molecule has 1 amide bonds. The molecular formula is C17H31ClN2O3S2. The lowest BCUT2D eigenvalue weighted by molar-refractivity contribution is -0.122. The van der Waals surface area contributed by atoms with Crippen molar-refractivity contribution < 1.29 is 13.2 Å². The summed E-state index contributed by atoms with van der Waals surface area (Å²) in [5, 5.41) is 3.49. The molecule has 146 valence electrons. The van der Waals surface area contributed by atoms with Gasteiger partial charge in [-0.1, -0.05) is 19.8 Å². The maximum atomic E-state index is 12.6. The van der Waals surface area contributed by atoms with Gasteiger partial charge in [-0.25, -0.2) is 8.42 Å². The first-order valence-corrected chi connectivity index (χ1v) is 12.7. The van der Waals surface area contributed by atoms with E-state index in [2.05, 4.69) is 18.5 Å². The smallest absolute Gasteiger partial charge is 0.235 e. The topological polar surface area (TPSA) is 66.5 Å². The summed E-state index contributed by atoms with van der Waals surface area (Å²) in [6.07, 6.45) is 10.1. The predicted molar refractivity (Wildman–Crippen MR) is 106 cm³/mol. The van der Waals surface area contributed by atoms with Gasteiger partial charge in [-0.05, 0) is 44.3 Å². The average molecular weight is 411 g/mol. The van der Waals surface area contributed by atoms with Crippen molar-refractivity contribution in [2.24, 2.45) is 5.92 Å². The molecule has 0 heterocycles. The third-order valence-electron chi connectivity index (χ3n) is 5.54. The molecule has 0 aromatic rings. The number of carbonyl (C=O) groups is 1. The van der Waals surface area contributed by atoms with Crippen molar-refractivity contribution in [1.29, 1.82) is 0 Å². The molecule has 1 N–H and O–H groups in total. The summed E-state index contributed by atoms with van der Waals surface area (Å²) in [5.41, 5.74) is 0. The lowest BCUT2D eigenvalue weighted by atomic mass is 9.85. The van der Waals surface area contributed by atoms with E-state index in [4.69, 9.17) is 11.6 Å². The van der Waals surface area contributed by atoms with E-state index < -0.39 is 10.0 Å². The molecular weight excluding hydrogens is 380 g/mol. The largest absolute Gasteiger partial charge is 0.351 e. The number of nitrogens with one attached hydrogen (secondary N) is 1. The van der Waals surface area contributed by atoms with E-state index in [0.29, 0.717) is 11.7 Å². The Kier molecular flexibility index (Phi) is 7.92. The highest BCUT2D eigenvalue weighted by molar-refractivity contribution is 7.99. The molecule has 2 rings (SSSR count). The van der Waals surface area contributed by atoms with E-state index in [1.54, 1.807) is 11.8 Å². The zero-order valence-electron chi connectivity index (χ0n) is 15.4. The van der Waals surface area contributed by atoms with Crippen LogP contribution in [0.1, 0.15) is 51.9 Å². The molecule has 2 aliphatic rings. The minimum atomic E-state index is -3.47. The highest BCUT2D eigenvalue weighted by Crippen LogP contribution is 2.32. The number of amides is 1. The number of carbonyl (C=O) groups excluding carboxylic acids is 1. The van der Waals surface area contributed by atoms with Crippen molar-refractivity contribution in [2.75, 3.05) is 19.1 Å². The molecule has 0 spiro atoms. The Labute approximate surface area is 161 Å². The van der Waals surface area contributed by atoms with E-state index in [-0.39, 0.29) is 35.8 Å². The monoisotopic (exact) mass is 410 g/mol. The number of sulfonamides is 1. The molecule has 0 saturated heterocycles. The SMILES string of the molecule is CSC1CCCCC1NC(=O)CN(C1CC(Cl)CCC1C)S(C)(=O)=O. The number of hydrogen-bond donors (Lipinski definition) is 1. The Balaban J connectivity index is 2.05. The number of halogens is 1. The minimum absolute atomic E-state index is 0.0206. The first kappa shape index (κ1) is 21.3. The van der Waals surface area contributed by atoms with E-state index in [9.17, 15) is 13.2 Å². The van der Waals surface area contributed by atoms with Gasteiger partial charge in [0.1, 0.15) is 0 Å². The maximum Gasteiger partial charge on any atom is 0.235 e. The average Bonchev–Trinajstić information content (AvgIpc) is 2.54. The van der Waals surface area contributed by atoms with Crippen LogP contribution in [0.2, 0.25) is 0 Å². The fraction of sp³-hybridized carbons (Fsp3) is 0.941. The van der Waals surface area contributed by atoms with Crippen molar-refractivity contribution in [1.82, 2.24) is 9.62 Å². The highest BCUT2D eigenvalue weighted by Gasteiger charge is 2.37. The van der Waals surface area contributed by atoms with Crippen LogP contribution >= 0.6 is 23.4 Å². The van der Waals surface area contributed by atoms with Crippen molar-refractivity contribution >= 4 is 39.3 Å². The van der Waals surface area contributed by atoms with Crippen molar-refractivity contribution in [3.8, 4) is 0 Å². The summed E-state index contributed by atoms with van der Waals surface area (Å²) in [4.78, 5) is 12.6. The van der Waals surface area contributed by atoms with Crippen molar-refractivity contribution in [3.05, 3.63) is 0 Å². The van der Waals surface area contributed by atoms with Crippen LogP contribution < -0.4 is 5.32 Å². The van der Waals surface area contributed by atoms with Crippen LogP contribution in [0.5, 0.6) is 0 Å². The van der Waals surface area contributed by atoms with Gasteiger partial charge in [0.15, 0.2) is 0 Å². The first-order valence-electron chi connectivity index (χ1n) is 9.15. The van der Waals surface area contributed by atoms with Crippen LogP contribution in [0, 0.1) is 5.92 Å². The Morgan fingerprint density at radius 2 is 1.92 bits per heavy atom. The molecule has 5 atom stereocenters. The van der Waals surface area contributed by atoms with Gasteiger partial charge in [0.25, 0.3) is 0 Å². The van der Waals surface area contributed by atoms with Crippen LogP contribution in [-0.2, 0) is 14.8 Å². The number of alkyl halides is 1. The van der Waals surface area contributed by atoms with Gasteiger partial charge in [-0.3, -0.25) is 4.79 Å². The van der Waals surface area contributed by atoms with Gasteiger partial charge < -0.3 is 5.32 Å². The second kappa shape index (κ2) is 9.29. The maximum absolute atomic E-state index is 12.6. The molecule has 5 unspecified atom stereocenters. The number of nitrogens with zero attached hydrogens (tertiary/aromatic N) is 1. The number of rotatable bonds is 6. The van der Waals surface area contributed by atoms with Gasteiger partial charge >= 0.3 is 0 Å². The lowest BCUT2D eigenvalue weighted by Crippen LogP contribution is -2.53. The van der Waals surface area contributed by atoms with Crippen LogP contribution in [-0.4, -0.2) is 60.4 Å². The van der Waals surface area contributed by atoms with E-state index >= 15 is 0 Å². The van der Waals surface area contributed by atoms with E-state index in [1.165, 1.54) is 17.0 Å². The van der Waals surface area contributed by atoms with Gasteiger partial charge in [0.2, 0.25) is 15.9 Å². The fourth-order valence-electron chi connectivity index (χ4n) is 4.07. The van der Waals surface area contributed by atoms with Crippen molar-refractivity contribution in [2.45, 2.75) is 74.6 Å². The molecule has 25 heavy (non-hydrogen) atoms. The molecule has 0 bridgehead atoms. The summed E-state index contributed by atoms with van der Waals surface area (Å²) in [7, 11) is -3.47. The van der Waals surface area contributed by atoms with Gasteiger partial charge in [-0.2, -0.15) is 16.1 Å². The Bertz CT molecular complexity index is 558. The molecule has 0 aliphatic heterocycles. The third-order valence-corrected chi connectivity index (χ3v) is 8.35. The second-order valence-corrected chi connectivity index (χ2v) is 11.1. The molecule has 8 heteroatoms. The number of hydrogen-bond acceptors (Lipinski definition) is 4. The second-order valence-electron chi connectivity index (χ2n) is 7.50. The predicted octanol–water partition coefficient (Wildman–Crippen LogP) is 2.83. The minimum Gasteiger partial charge on any atom is -0.351 e. The van der Waals surface area contributed by atoms with Gasteiger partial charge in [0, 0.05) is 22.7 Å². The Morgan fingerprint density at radius 3 is 2.56 bits per heavy atom. The van der Waals surface area contributed by atoms with Crippen LogP contribution in [0.3, 0.4) is 0 Å². The highest BCUT2D eigenvalue weighted by atomic mass is 35.5. The standard InChI is InChI=1S/C17H31ClN2O3S2/c1-12-8-9-13(18)10-15(12)20(25(3,22)23)11-17(21)19-14-6-4-5-7-16(14)24-2/h12-16H,4-11H2,1-3H3,(H,19,21). The Morgan fingerprint density at radius 1 is 1.24 bits per heavy atom. The summed E-state index contributed by atoms with van der Waals surface area (Å²) in [6, 6.07) is -0.0538. The molecule has 0 radical (unpaired) electrons.